The van der Waals surface area contributed by atoms with Crippen molar-refractivity contribution in [3.05, 3.63) is 35.6 Å². The van der Waals surface area contributed by atoms with E-state index in [2.05, 4.69) is 4.90 Å². The molecule has 0 amide bonds. The molecule has 1 atom stereocenters. The number of benzene rings is 1. The van der Waals surface area contributed by atoms with Gasteiger partial charge in [-0.2, -0.15) is 0 Å². The quantitative estimate of drug-likeness (QED) is 0.887. The third-order valence-corrected chi connectivity index (χ3v) is 3.27. The van der Waals surface area contributed by atoms with Gasteiger partial charge in [-0.1, -0.05) is 18.2 Å². The number of ether oxygens (including phenoxy) is 1. The van der Waals surface area contributed by atoms with E-state index in [1.807, 2.05) is 0 Å². The van der Waals surface area contributed by atoms with Crippen molar-refractivity contribution in [1.82, 2.24) is 4.90 Å². The highest BCUT2D eigenvalue weighted by molar-refractivity contribution is 5.66. The Morgan fingerprint density at radius 2 is 2.26 bits per heavy atom. The molecule has 1 unspecified atom stereocenters. The van der Waals surface area contributed by atoms with Gasteiger partial charge >= 0.3 is 5.97 Å². The number of aliphatic carboxylic acids is 1. The fourth-order valence-corrected chi connectivity index (χ4v) is 2.28. The molecule has 0 bridgehead atoms. The standard InChI is InChI=1S/C14H18FNO3/c15-12-5-2-1-4-11(12)13-10-16(8-9-19-13)7-3-6-14(17)18/h1-2,4-5,13H,3,6-10H2,(H,17,18). The molecule has 0 aromatic heterocycles. The van der Waals surface area contributed by atoms with Crippen molar-refractivity contribution in [1.29, 1.82) is 0 Å². The van der Waals surface area contributed by atoms with Crippen LogP contribution in [0, 0.1) is 5.82 Å². The molecule has 1 fully saturated rings. The highest BCUT2D eigenvalue weighted by Crippen LogP contribution is 2.24. The number of carboxylic acids is 1. The zero-order valence-electron chi connectivity index (χ0n) is 10.7. The number of morpholine rings is 1. The van der Waals surface area contributed by atoms with E-state index in [1.165, 1.54) is 6.07 Å². The van der Waals surface area contributed by atoms with E-state index >= 15 is 0 Å². The topological polar surface area (TPSA) is 49.8 Å². The van der Waals surface area contributed by atoms with Gasteiger partial charge in [0.15, 0.2) is 0 Å². The van der Waals surface area contributed by atoms with Crippen LogP contribution in [0.25, 0.3) is 0 Å². The molecule has 1 aromatic carbocycles. The van der Waals surface area contributed by atoms with Crippen LogP contribution >= 0.6 is 0 Å². The first-order chi connectivity index (χ1) is 9.16. The third-order valence-electron chi connectivity index (χ3n) is 3.27. The smallest absolute Gasteiger partial charge is 0.303 e. The lowest BCUT2D eigenvalue weighted by atomic mass is 10.1. The first-order valence-electron chi connectivity index (χ1n) is 6.47. The molecule has 1 aliphatic heterocycles. The van der Waals surface area contributed by atoms with Crippen LogP contribution in [0.15, 0.2) is 24.3 Å². The molecule has 104 valence electrons. The average molecular weight is 267 g/mol. The van der Waals surface area contributed by atoms with Crippen LogP contribution in [0.3, 0.4) is 0 Å². The second-order valence-corrected chi connectivity index (χ2v) is 4.68. The normalized spacial score (nSPS) is 20.4. The fourth-order valence-electron chi connectivity index (χ4n) is 2.28. The zero-order valence-corrected chi connectivity index (χ0v) is 10.7. The lowest BCUT2D eigenvalue weighted by Crippen LogP contribution is -2.39. The Morgan fingerprint density at radius 1 is 1.47 bits per heavy atom. The monoisotopic (exact) mass is 267 g/mol. The number of hydrogen-bond donors (Lipinski definition) is 1. The molecule has 1 N–H and O–H groups in total. The van der Waals surface area contributed by atoms with Gasteiger partial charge in [-0.05, 0) is 19.0 Å². The number of carboxylic acid groups (broad SMARTS) is 1. The van der Waals surface area contributed by atoms with E-state index in [1.54, 1.807) is 18.2 Å². The molecule has 1 aromatic rings. The van der Waals surface area contributed by atoms with E-state index in [0.29, 0.717) is 31.7 Å². The predicted molar refractivity (Wildman–Crippen MR) is 68.4 cm³/mol. The molecule has 1 heterocycles. The second-order valence-electron chi connectivity index (χ2n) is 4.68. The van der Waals surface area contributed by atoms with Crippen LogP contribution in [-0.2, 0) is 9.53 Å². The Balaban J connectivity index is 1.90. The maximum atomic E-state index is 13.7. The molecule has 5 heteroatoms. The van der Waals surface area contributed by atoms with Crippen molar-refractivity contribution < 1.29 is 19.0 Å². The molecule has 2 rings (SSSR count). The van der Waals surface area contributed by atoms with Crippen LogP contribution in [0.4, 0.5) is 4.39 Å². The number of carbonyl (C=O) groups is 1. The van der Waals surface area contributed by atoms with Crippen LogP contribution in [0.1, 0.15) is 24.5 Å². The van der Waals surface area contributed by atoms with Crippen molar-refractivity contribution in [2.75, 3.05) is 26.2 Å². The highest BCUT2D eigenvalue weighted by Gasteiger charge is 2.23. The van der Waals surface area contributed by atoms with E-state index in [4.69, 9.17) is 9.84 Å². The Morgan fingerprint density at radius 3 is 3.00 bits per heavy atom. The van der Waals surface area contributed by atoms with Gasteiger partial charge in [-0.3, -0.25) is 9.69 Å². The summed E-state index contributed by atoms with van der Waals surface area (Å²) in [6, 6.07) is 6.63. The number of rotatable bonds is 5. The maximum absolute atomic E-state index is 13.7. The summed E-state index contributed by atoms with van der Waals surface area (Å²) in [6.07, 6.45) is 0.515. The van der Waals surface area contributed by atoms with Gasteiger partial charge in [-0.25, -0.2) is 4.39 Å². The van der Waals surface area contributed by atoms with Crippen molar-refractivity contribution in [2.24, 2.45) is 0 Å². The number of halogens is 1. The molecule has 19 heavy (non-hydrogen) atoms. The molecular weight excluding hydrogens is 249 g/mol. The van der Waals surface area contributed by atoms with Crippen molar-refractivity contribution >= 4 is 5.97 Å². The summed E-state index contributed by atoms with van der Waals surface area (Å²) in [5.74, 6) is -1.03. The van der Waals surface area contributed by atoms with Crippen molar-refractivity contribution in [3.63, 3.8) is 0 Å². The molecule has 1 saturated heterocycles. The van der Waals surface area contributed by atoms with Crippen LogP contribution in [0.2, 0.25) is 0 Å². The number of nitrogens with zero attached hydrogens (tertiary/aromatic N) is 1. The lowest BCUT2D eigenvalue weighted by molar-refractivity contribution is -0.137. The summed E-state index contributed by atoms with van der Waals surface area (Å²) in [4.78, 5) is 12.6. The van der Waals surface area contributed by atoms with Crippen molar-refractivity contribution in [2.45, 2.75) is 18.9 Å². The number of hydrogen-bond acceptors (Lipinski definition) is 3. The molecule has 0 radical (unpaired) electrons. The molecule has 0 spiro atoms. The minimum Gasteiger partial charge on any atom is -0.481 e. The van der Waals surface area contributed by atoms with Gasteiger partial charge in [0.1, 0.15) is 5.82 Å². The summed E-state index contributed by atoms with van der Waals surface area (Å²) in [7, 11) is 0. The van der Waals surface area contributed by atoms with E-state index in [9.17, 15) is 9.18 Å². The first kappa shape index (κ1) is 14.0. The van der Waals surface area contributed by atoms with Gasteiger partial charge in [0, 0.05) is 25.1 Å². The second kappa shape index (κ2) is 6.63. The maximum Gasteiger partial charge on any atom is 0.303 e. The molecule has 0 saturated carbocycles. The predicted octanol–water partition coefficient (Wildman–Crippen LogP) is 2.06. The van der Waals surface area contributed by atoms with Crippen LogP contribution < -0.4 is 0 Å². The van der Waals surface area contributed by atoms with Crippen molar-refractivity contribution in [3.8, 4) is 0 Å². The Bertz CT molecular complexity index is 438. The first-order valence-corrected chi connectivity index (χ1v) is 6.47. The Kier molecular flexibility index (Phi) is 4.87. The van der Waals surface area contributed by atoms with Crippen LogP contribution in [-0.4, -0.2) is 42.2 Å². The Hall–Kier alpha value is -1.46. The van der Waals surface area contributed by atoms with Crippen LogP contribution in [0.5, 0.6) is 0 Å². The molecule has 4 nitrogen and oxygen atoms in total. The summed E-state index contributed by atoms with van der Waals surface area (Å²) < 4.78 is 19.3. The zero-order chi connectivity index (χ0) is 13.7. The molecule has 0 aliphatic carbocycles. The summed E-state index contributed by atoms with van der Waals surface area (Å²) >= 11 is 0. The summed E-state index contributed by atoms with van der Waals surface area (Å²) in [5, 5.41) is 8.62. The minimum atomic E-state index is -0.779. The summed E-state index contributed by atoms with van der Waals surface area (Å²) in [6.45, 7) is 2.64. The van der Waals surface area contributed by atoms with E-state index in [0.717, 1.165) is 6.54 Å². The summed E-state index contributed by atoms with van der Waals surface area (Å²) in [5.41, 5.74) is 0.574. The van der Waals surface area contributed by atoms with Gasteiger partial charge in [0.25, 0.3) is 0 Å². The van der Waals surface area contributed by atoms with Gasteiger partial charge in [-0.15, -0.1) is 0 Å². The van der Waals surface area contributed by atoms with Gasteiger partial charge < -0.3 is 9.84 Å². The van der Waals surface area contributed by atoms with E-state index in [-0.39, 0.29) is 18.3 Å². The molecular formula is C14H18FNO3. The highest BCUT2D eigenvalue weighted by atomic mass is 19.1. The lowest BCUT2D eigenvalue weighted by Gasteiger charge is -2.33. The average Bonchev–Trinajstić information content (AvgIpc) is 2.39. The largest absolute Gasteiger partial charge is 0.481 e. The van der Waals surface area contributed by atoms with Gasteiger partial charge in [0.2, 0.25) is 0 Å². The van der Waals surface area contributed by atoms with Gasteiger partial charge in [0.05, 0.1) is 12.7 Å². The minimum absolute atomic E-state index is 0.168. The fraction of sp³-hybridized carbons (Fsp3) is 0.500. The Labute approximate surface area is 111 Å². The SMILES string of the molecule is O=C(O)CCCN1CCOC(c2ccccc2F)C1. The third kappa shape index (κ3) is 4.01. The van der Waals surface area contributed by atoms with E-state index < -0.39 is 5.97 Å². The molecule has 1 aliphatic rings.